The Morgan fingerprint density at radius 3 is 2.62 bits per heavy atom. The van der Waals surface area contributed by atoms with Crippen molar-refractivity contribution < 1.29 is 49.3 Å². The summed E-state index contributed by atoms with van der Waals surface area (Å²) in [5, 5.41) is 52.3. The Labute approximate surface area is 186 Å². The van der Waals surface area contributed by atoms with E-state index >= 15 is 0 Å². The quantitative estimate of drug-likeness (QED) is 0.255. The highest BCUT2D eigenvalue weighted by molar-refractivity contribution is 5.90. The van der Waals surface area contributed by atoms with Gasteiger partial charge in [-0.3, -0.25) is 4.79 Å². The Kier molecular flexibility index (Phi) is 7.14. The maximum absolute atomic E-state index is 12.2. The number of hydrogen-bond acceptors (Lipinski definition) is 9. The first-order valence-corrected chi connectivity index (χ1v) is 10.7. The molecule has 0 aromatic heterocycles. The summed E-state index contributed by atoms with van der Waals surface area (Å²) in [6.45, 7) is 4.88. The van der Waals surface area contributed by atoms with Gasteiger partial charge >= 0.3 is 11.9 Å². The molecule has 2 bridgehead atoms. The Balaban J connectivity index is 1.93. The van der Waals surface area contributed by atoms with Crippen LogP contribution < -0.4 is 0 Å². The number of ether oxygens (including phenoxy) is 3. The predicted molar refractivity (Wildman–Crippen MR) is 109 cm³/mol. The van der Waals surface area contributed by atoms with E-state index in [0.717, 1.165) is 0 Å². The van der Waals surface area contributed by atoms with E-state index in [9.17, 15) is 35.1 Å². The highest BCUT2D eigenvalue weighted by Gasteiger charge is 2.67. The van der Waals surface area contributed by atoms with Crippen molar-refractivity contribution in [3.63, 3.8) is 0 Å². The van der Waals surface area contributed by atoms with Gasteiger partial charge in [0, 0.05) is 17.4 Å². The molecule has 1 saturated heterocycles. The lowest BCUT2D eigenvalue weighted by Gasteiger charge is -2.59. The van der Waals surface area contributed by atoms with Crippen molar-refractivity contribution in [3.05, 3.63) is 24.3 Å². The zero-order valence-electron chi connectivity index (χ0n) is 18.2. The molecule has 5 N–H and O–H groups in total. The van der Waals surface area contributed by atoms with Crippen LogP contribution >= 0.6 is 0 Å². The van der Waals surface area contributed by atoms with Crippen molar-refractivity contribution in [1.29, 1.82) is 0 Å². The van der Waals surface area contributed by atoms with E-state index in [4.69, 9.17) is 14.2 Å². The van der Waals surface area contributed by atoms with Gasteiger partial charge in [0.15, 0.2) is 6.29 Å². The van der Waals surface area contributed by atoms with E-state index in [-0.39, 0.29) is 24.8 Å². The normalized spacial score (nSPS) is 43.8. The second-order valence-corrected chi connectivity index (χ2v) is 8.94. The van der Waals surface area contributed by atoms with Crippen molar-refractivity contribution in [1.82, 2.24) is 0 Å². The van der Waals surface area contributed by atoms with Gasteiger partial charge in [-0.15, -0.1) is 6.58 Å². The molecule has 3 rings (SSSR count). The third-order valence-electron chi connectivity index (χ3n) is 7.32. The molecule has 9 atom stereocenters. The van der Waals surface area contributed by atoms with E-state index < -0.39 is 72.1 Å². The summed E-state index contributed by atoms with van der Waals surface area (Å²) in [4.78, 5) is 23.7. The number of fused-ring (bicyclic) bond motifs is 2. The SMILES string of the molecule is C=C[C@@H]1[C@H](CC(=O)O)C(C(=O)OC)=CC[C@H]1O[C@@H]1O[C@H](CO)[C@]2(O)CC[C@@H](C)[C@@]1(O)[C@H]2O. The second-order valence-electron chi connectivity index (χ2n) is 8.94. The Bertz CT molecular complexity index is 781. The molecule has 1 heterocycles. The average Bonchev–Trinajstić information content (AvgIpc) is 2.76. The minimum atomic E-state index is -1.96. The highest BCUT2D eigenvalue weighted by Crippen LogP contribution is 2.50. The largest absolute Gasteiger partial charge is 0.481 e. The molecule has 1 saturated carbocycles. The molecule has 180 valence electrons. The van der Waals surface area contributed by atoms with E-state index in [2.05, 4.69) is 6.58 Å². The van der Waals surface area contributed by atoms with Gasteiger partial charge in [-0.2, -0.15) is 0 Å². The number of rotatable bonds is 7. The van der Waals surface area contributed by atoms with Crippen LogP contribution in [0.1, 0.15) is 32.6 Å². The third-order valence-corrected chi connectivity index (χ3v) is 7.32. The number of esters is 1. The number of carboxylic acid groups (broad SMARTS) is 1. The summed E-state index contributed by atoms with van der Waals surface area (Å²) in [6, 6.07) is 0. The number of hydrogen-bond donors (Lipinski definition) is 5. The summed E-state index contributed by atoms with van der Waals surface area (Å²) >= 11 is 0. The number of aliphatic hydroxyl groups is 4. The maximum Gasteiger partial charge on any atom is 0.333 e. The van der Waals surface area contributed by atoms with Crippen molar-refractivity contribution in [2.75, 3.05) is 13.7 Å². The topological polar surface area (TPSA) is 163 Å². The number of carbonyl (C=O) groups excluding carboxylic acids is 1. The highest BCUT2D eigenvalue weighted by atomic mass is 16.7. The summed E-state index contributed by atoms with van der Waals surface area (Å²) in [7, 11) is 1.21. The van der Waals surface area contributed by atoms with Gasteiger partial charge in [-0.1, -0.05) is 19.1 Å². The molecule has 10 nitrogen and oxygen atoms in total. The molecule has 32 heavy (non-hydrogen) atoms. The zero-order chi connectivity index (χ0) is 23.8. The van der Waals surface area contributed by atoms with E-state index in [1.54, 1.807) is 6.92 Å². The Morgan fingerprint density at radius 2 is 2.06 bits per heavy atom. The number of carbonyl (C=O) groups is 2. The molecular formula is C22H32O10. The van der Waals surface area contributed by atoms with Gasteiger partial charge in [0.1, 0.15) is 23.4 Å². The standard InChI is InChI=1S/C22H32O10/c1-4-12-14(9-17(24)25)13(18(26)30-3)5-6-15(12)31-20-22(29)11(2)7-8-21(28,19(22)27)16(10-23)32-20/h4-5,11-12,14-16,19-20,23,27-29H,1,6-10H2,2-3H3,(H,24,25)/t11-,12-,14+,15-,16-,19+,20-,21-,22-/m1/s1. The van der Waals surface area contributed by atoms with Gasteiger partial charge in [0.25, 0.3) is 0 Å². The van der Waals surface area contributed by atoms with E-state index in [1.165, 1.54) is 19.3 Å². The second kappa shape index (κ2) is 9.20. The molecule has 0 amide bonds. The van der Waals surface area contributed by atoms with Gasteiger partial charge in [0.2, 0.25) is 0 Å². The van der Waals surface area contributed by atoms with E-state index in [1.807, 2.05) is 0 Å². The summed E-state index contributed by atoms with van der Waals surface area (Å²) in [6.07, 6.45) is -1.63. The van der Waals surface area contributed by atoms with Crippen molar-refractivity contribution in [2.24, 2.45) is 17.8 Å². The first kappa shape index (κ1) is 24.8. The van der Waals surface area contributed by atoms with Crippen LogP contribution in [0.2, 0.25) is 0 Å². The van der Waals surface area contributed by atoms with Crippen molar-refractivity contribution >= 4 is 11.9 Å². The molecule has 0 unspecified atom stereocenters. The zero-order valence-corrected chi connectivity index (χ0v) is 18.2. The van der Waals surface area contributed by atoms with Crippen LogP contribution in [0.4, 0.5) is 0 Å². The monoisotopic (exact) mass is 456 g/mol. The lowest BCUT2D eigenvalue weighted by Crippen LogP contribution is -2.77. The summed E-state index contributed by atoms with van der Waals surface area (Å²) in [5.41, 5.74) is -3.58. The number of methoxy groups -OCH3 is 1. The molecule has 3 aliphatic rings. The number of carboxylic acids is 1. The smallest absolute Gasteiger partial charge is 0.333 e. The minimum absolute atomic E-state index is 0.139. The summed E-state index contributed by atoms with van der Waals surface area (Å²) < 4.78 is 16.7. The van der Waals surface area contributed by atoms with Crippen LogP contribution in [0, 0.1) is 17.8 Å². The molecule has 2 aliphatic carbocycles. The fraction of sp³-hybridized carbons (Fsp3) is 0.727. The molecule has 0 aromatic carbocycles. The fourth-order valence-electron chi connectivity index (χ4n) is 5.33. The Hall–Kier alpha value is -1.82. The number of aliphatic hydroxyl groups excluding tert-OH is 2. The van der Waals surface area contributed by atoms with Gasteiger partial charge in [-0.25, -0.2) is 4.79 Å². The summed E-state index contributed by atoms with van der Waals surface area (Å²) in [5.74, 6) is -3.68. The maximum atomic E-state index is 12.2. The first-order valence-electron chi connectivity index (χ1n) is 10.7. The number of aliphatic carboxylic acids is 1. The molecule has 0 spiro atoms. The molecule has 0 aromatic rings. The van der Waals surface area contributed by atoms with Crippen LogP contribution in [-0.2, 0) is 23.8 Å². The lowest BCUT2D eigenvalue weighted by molar-refractivity contribution is -0.400. The van der Waals surface area contributed by atoms with E-state index in [0.29, 0.717) is 6.42 Å². The van der Waals surface area contributed by atoms with Crippen LogP contribution in [0.15, 0.2) is 24.3 Å². The fourth-order valence-corrected chi connectivity index (χ4v) is 5.33. The minimum Gasteiger partial charge on any atom is -0.481 e. The average molecular weight is 456 g/mol. The van der Waals surface area contributed by atoms with Crippen LogP contribution in [0.3, 0.4) is 0 Å². The Morgan fingerprint density at radius 1 is 1.38 bits per heavy atom. The van der Waals surface area contributed by atoms with Crippen LogP contribution in [0.25, 0.3) is 0 Å². The van der Waals surface area contributed by atoms with Gasteiger partial charge in [0.05, 0.1) is 26.2 Å². The molecule has 1 aliphatic heterocycles. The van der Waals surface area contributed by atoms with Gasteiger partial charge in [-0.05, 0) is 25.2 Å². The van der Waals surface area contributed by atoms with Crippen LogP contribution in [0.5, 0.6) is 0 Å². The van der Waals surface area contributed by atoms with Crippen LogP contribution in [-0.4, -0.2) is 87.0 Å². The first-order chi connectivity index (χ1) is 15.0. The van der Waals surface area contributed by atoms with Crippen molar-refractivity contribution in [3.8, 4) is 0 Å². The van der Waals surface area contributed by atoms with Gasteiger partial charge < -0.3 is 39.7 Å². The molecule has 0 radical (unpaired) electrons. The predicted octanol–water partition coefficient (Wildman–Crippen LogP) is -0.262. The molecule has 10 heteroatoms. The lowest BCUT2D eigenvalue weighted by atomic mass is 9.63. The molecular weight excluding hydrogens is 424 g/mol. The van der Waals surface area contributed by atoms with Crippen molar-refractivity contribution in [2.45, 2.75) is 68.4 Å². The third kappa shape index (κ3) is 3.89. The molecule has 2 fully saturated rings.